The first-order valence-electron chi connectivity index (χ1n) is 7.45. The Morgan fingerprint density at radius 2 is 2.05 bits per heavy atom. The fourth-order valence-corrected chi connectivity index (χ4v) is 5.11. The number of nitrogens with one attached hydrogen (secondary N) is 1. The molecule has 0 radical (unpaired) electrons. The minimum Gasteiger partial charge on any atom is -0.464 e. The molecule has 1 aromatic rings. The lowest BCUT2D eigenvalue weighted by Gasteiger charge is -2.15. The highest BCUT2D eigenvalue weighted by Crippen LogP contribution is 2.70. The second-order valence-corrected chi connectivity index (χ2v) is 7.36. The SMILES string of the molecule is NCCSCc1ccc(CNC2C3CC4C(C3)C42)o1. The van der Waals surface area contributed by atoms with E-state index in [2.05, 4.69) is 17.4 Å². The molecule has 0 saturated heterocycles. The third-order valence-electron chi connectivity index (χ3n) is 5.21. The van der Waals surface area contributed by atoms with Gasteiger partial charge in [-0.15, -0.1) is 0 Å². The van der Waals surface area contributed by atoms with Crippen LogP contribution in [-0.4, -0.2) is 18.3 Å². The van der Waals surface area contributed by atoms with Gasteiger partial charge >= 0.3 is 0 Å². The van der Waals surface area contributed by atoms with Crippen LogP contribution in [0.5, 0.6) is 0 Å². The highest BCUT2D eigenvalue weighted by atomic mass is 32.2. The van der Waals surface area contributed by atoms with Gasteiger partial charge in [-0.05, 0) is 48.6 Å². The molecule has 3 atom stereocenters. The van der Waals surface area contributed by atoms with Crippen molar-refractivity contribution in [3.05, 3.63) is 23.7 Å². The van der Waals surface area contributed by atoms with Crippen LogP contribution in [0, 0.1) is 23.7 Å². The van der Waals surface area contributed by atoms with Crippen molar-refractivity contribution in [2.75, 3.05) is 12.3 Å². The van der Waals surface area contributed by atoms with Crippen LogP contribution in [0.3, 0.4) is 0 Å². The molecule has 4 aliphatic carbocycles. The van der Waals surface area contributed by atoms with E-state index in [4.69, 9.17) is 10.2 Å². The molecule has 4 aliphatic rings. The van der Waals surface area contributed by atoms with Gasteiger partial charge < -0.3 is 15.5 Å². The van der Waals surface area contributed by atoms with Crippen LogP contribution < -0.4 is 11.1 Å². The van der Waals surface area contributed by atoms with E-state index in [-0.39, 0.29) is 0 Å². The Kier molecular flexibility index (Phi) is 3.13. The Hall–Kier alpha value is -0.450. The van der Waals surface area contributed by atoms with E-state index in [1.54, 1.807) is 0 Å². The molecule has 3 N–H and O–H groups in total. The van der Waals surface area contributed by atoms with Crippen molar-refractivity contribution in [1.29, 1.82) is 0 Å². The Bertz CT molecular complexity index is 447. The van der Waals surface area contributed by atoms with Gasteiger partial charge in [-0.2, -0.15) is 11.8 Å². The standard InChI is InChI=1S/C15H22N2OS/c16-3-4-19-8-11-2-1-10(18-11)7-17-15-9-5-12-13(6-9)14(12)15/h1-2,9,12-15,17H,3-8,16H2. The zero-order valence-corrected chi connectivity index (χ0v) is 12.0. The number of furan rings is 1. The van der Waals surface area contributed by atoms with Gasteiger partial charge in [0.15, 0.2) is 0 Å². The monoisotopic (exact) mass is 278 g/mol. The summed E-state index contributed by atoms with van der Waals surface area (Å²) in [5.74, 6) is 8.26. The number of nitrogens with two attached hydrogens (primary N) is 1. The molecule has 19 heavy (non-hydrogen) atoms. The quantitative estimate of drug-likeness (QED) is 0.751. The van der Waals surface area contributed by atoms with Crippen LogP contribution >= 0.6 is 11.8 Å². The van der Waals surface area contributed by atoms with Crippen LogP contribution in [0.2, 0.25) is 0 Å². The molecule has 4 bridgehead atoms. The largest absolute Gasteiger partial charge is 0.464 e. The molecule has 0 aromatic carbocycles. The summed E-state index contributed by atoms with van der Waals surface area (Å²) < 4.78 is 5.86. The van der Waals surface area contributed by atoms with Gasteiger partial charge in [-0.1, -0.05) is 0 Å². The predicted octanol–water partition coefficient (Wildman–Crippen LogP) is 2.22. The van der Waals surface area contributed by atoms with Crippen molar-refractivity contribution >= 4 is 11.8 Å². The van der Waals surface area contributed by atoms with Crippen LogP contribution in [0.1, 0.15) is 24.4 Å². The lowest BCUT2D eigenvalue weighted by molar-refractivity contribution is 0.386. The maximum atomic E-state index is 5.86. The smallest absolute Gasteiger partial charge is 0.118 e. The molecule has 4 saturated carbocycles. The van der Waals surface area contributed by atoms with E-state index in [0.29, 0.717) is 0 Å². The van der Waals surface area contributed by atoms with E-state index >= 15 is 0 Å². The van der Waals surface area contributed by atoms with E-state index in [9.17, 15) is 0 Å². The Balaban J connectivity index is 1.27. The minimum absolute atomic E-state index is 0.743. The second-order valence-electron chi connectivity index (χ2n) is 6.25. The molecule has 3 nitrogen and oxygen atoms in total. The average Bonchev–Trinajstić information content (AvgIpc) is 2.93. The molecular weight excluding hydrogens is 256 g/mol. The van der Waals surface area contributed by atoms with Crippen LogP contribution in [0.4, 0.5) is 0 Å². The Morgan fingerprint density at radius 1 is 1.26 bits per heavy atom. The van der Waals surface area contributed by atoms with Crippen LogP contribution in [-0.2, 0) is 12.3 Å². The van der Waals surface area contributed by atoms with Gasteiger partial charge in [0.25, 0.3) is 0 Å². The molecule has 4 fully saturated rings. The van der Waals surface area contributed by atoms with Crippen molar-refractivity contribution in [1.82, 2.24) is 5.32 Å². The van der Waals surface area contributed by atoms with Crippen LogP contribution in [0.25, 0.3) is 0 Å². The van der Waals surface area contributed by atoms with E-state index in [0.717, 1.165) is 65.8 Å². The third-order valence-corrected chi connectivity index (χ3v) is 6.22. The number of rotatable bonds is 7. The molecule has 1 heterocycles. The summed E-state index contributed by atoms with van der Waals surface area (Å²) in [6, 6.07) is 5.01. The highest BCUT2D eigenvalue weighted by molar-refractivity contribution is 7.98. The van der Waals surface area contributed by atoms with Crippen molar-refractivity contribution in [3.63, 3.8) is 0 Å². The van der Waals surface area contributed by atoms with Gasteiger partial charge in [-0.3, -0.25) is 0 Å². The summed E-state index contributed by atoms with van der Waals surface area (Å²) in [5, 5.41) is 3.74. The summed E-state index contributed by atoms with van der Waals surface area (Å²) >= 11 is 1.84. The van der Waals surface area contributed by atoms with Gasteiger partial charge in [0.2, 0.25) is 0 Å². The van der Waals surface area contributed by atoms with Crippen molar-refractivity contribution in [3.8, 4) is 0 Å². The third kappa shape index (κ3) is 2.14. The van der Waals surface area contributed by atoms with Crippen molar-refractivity contribution in [2.24, 2.45) is 29.4 Å². The first-order chi connectivity index (χ1) is 9.36. The number of thioether (sulfide) groups is 1. The maximum absolute atomic E-state index is 5.86. The molecule has 4 heteroatoms. The second kappa shape index (κ2) is 4.83. The first-order valence-corrected chi connectivity index (χ1v) is 8.61. The fourth-order valence-electron chi connectivity index (χ4n) is 4.45. The number of hydrogen-bond acceptors (Lipinski definition) is 4. The molecule has 5 rings (SSSR count). The number of hydrogen-bond donors (Lipinski definition) is 2. The molecule has 104 valence electrons. The summed E-state index contributed by atoms with van der Waals surface area (Å²) in [6.07, 6.45) is 2.98. The van der Waals surface area contributed by atoms with Crippen molar-refractivity contribution in [2.45, 2.75) is 31.2 Å². The van der Waals surface area contributed by atoms with Gasteiger partial charge in [0.05, 0.1) is 12.3 Å². The van der Waals surface area contributed by atoms with Gasteiger partial charge in [0, 0.05) is 18.3 Å². The normalized spacial score (nSPS) is 38.1. The predicted molar refractivity (Wildman–Crippen MR) is 77.7 cm³/mol. The summed E-state index contributed by atoms with van der Waals surface area (Å²) in [5.41, 5.74) is 5.49. The highest BCUT2D eigenvalue weighted by Gasteiger charge is 2.68. The summed E-state index contributed by atoms with van der Waals surface area (Å²) in [4.78, 5) is 0. The lowest BCUT2D eigenvalue weighted by atomic mass is 10.1. The van der Waals surface area contributed by atoms with Gasteiger partial charge in [-0.25, -0.2) is 0 Å². The molecule has 3 unspecified atom stereocenters. The Labute approximate surface area is 118 Å². The van der Waals surface area contributed by atoms with Gasteiger partial charge in [0.1, 0.15) is 11.5 Å². The molecule has 0 aliphatic heterocycles. The molecule has 1 aromatic heterocycles. The zero-order valence-electron chi connectivity index (χ0n) is 11.2. The minimum atomic E-state index is 0.743. The lowest BCUT2D eigenvalue weighted by Crippen LogP contribution is -2.31. The van der Waals surface area contributed by atoms with Crippen molar-refractivity contribution < 1.29 is 4.42 Å². The average molecular weight is 278 g/mol. The van der Waals surface area contributed by atoms with E-state index < -0.39 is 0 Å². The Morgan fingerprint density at radius 3 is 2.74 bits per heavy atom. The summed E-state index contributed by atoms with van der Waals surface area (Å²) in [7, 11) is 0. The zero-order chi connectivity index (χ0) is 12.8. The van der Waals surface area contributed by atoms with E-state index in [1.165, 1.54) is 12.8 Å². The fraction of sp³-hybridized carbons (Fsp3) is 0.733. The van der Waals surface area contributed by atoms with E-state index in [1.807, 2.05) is 11.8 Å². The summed E-state index contributed by atoms with van der Waals surface area (Å²) in [6.45, 7) is 1.64. The first kappa shape index (κ1) is 12.3. The molecule has 0 spiro atoms. The van der Waals surface area contributed by atoms with Crippen LogP contribution in [0.15, 0.2) is 16.5 Å². The molecular formula is C15H22N2OS. The molecule has 0 amide bonds. The topological polar surface area (TPSA) is 51.2 Å². The maximum Gasteiger partial charge on any atom is 0.118 e.